The number of fused-ring (bicyclic) bond motifs is 3. The first-order valence-corrected chi connectivity index (χ1v) is 22.5. The van der Waals surface area contributed by atoms with Crippen LogP contribution >= 0.6 is 0 Å². The highest BCUT2D eigenvalue weighted by atomic mass is 15.0. The first-order chi connectivity index (χ1) is 33.6. The molecule has 0 N–H and O–H groups in total. The van der Waals surface area contributed by atoms with Gasteiger partial charge in [0.15, 0.2) is 17.5 Å². The molecule has 0 amide bonds. The molecule has 0 atom stereocenters. The molecule has 68 heavy (non-hydrogen) atoms. The zero-order valence-corrected chi connectivity index (χ0v) is 36.6. The molecule has 1 aliphatic carbocycles. The maximum atomic E-state index is 10.5. The number of hydrogen-bond acceptors (Lipinski definition) is 5. The smallest absolute Gasteiger partial charge is 0.164 e. The fourth-order valence-corrected chi connectivity index (χ4v) is 9.69. The van der Waals surface area contributed by atoms with Crippen LogP contribution in [0.1, 0.15) is 11.1 Å². The molecule has 0 spiro atoms. The second kappa shape index (κ2) is 16.8. The van der Waals surface area contributed by atoms with Crippen LogP contribution < -0.4 is 0 Å². The van der Waals surface area contributed by atoms with Crippen LogP contribution in [-0.2, 0) is 0 Å². The van der Waals surface area contributed by atoms with Crippen molar-refractivity contribution in [2.24, 2.45) is 0 Å². The molecule has 12 rings (SSSR count). The number of nitrogens with zero attached hydrogens (tertiary/aromatic N) is 5. The van der Waals surface area contributed by atoms with Crippen LogP contribution in [-0.4, -0.2) is 15.0 Å². The quantitative estimate of drug-likeness (QED) is 0.152. The topological polar surface area (TPSA) is 86.2 Å². The predicted molar refractivity (Wildman–Crippen MR) is 275 cm³/mol. The average Bonchev–Trinajstić information content (AvgIpc) is 3.74. The lowest BCUT2D eigenvalue weighted by atomic mass is 9.88. The van der Waals surface area contributed by atoms with Gasteiger partial charge in [0.1, 0.15) is 0 Å². The van der Waals surface area contributed by atoms with Crippen molar-refractivity contribution in [1.29, 1.82) is 10.5 Å². The van der Waals surface area contributed by atoms with Gasteiger partial charge in [-0.05, 0) is 119 Å². The lowest BCUT2D eigenvalue weighted by Gasteiger charge is -2.15. The molecule has 0 aliphatic heterocycles. The molecule has 0 bridgehead atoms. The van der Waals surface area contributed by atoms with E-state index in [1.165, 1.54) is 33.0 Å². The van der Waals surface area contributed by atoms with E-state index in [-0.39, 0.29) is 0 Å². The SMILES string of the molecule is N#Cc1cc(-c2nc(-c3ccccc3)nc(-c3cccc(-c4cccc(-c5ccc(C#N)c(-c6ccccc6-c6ccc7c(c6)-c6cccc8cccc-7c68)c5)c4)c3)n2)ccc1-c1ccccc1. The minimum Gasteiger partial charge on any atom is -0.208 e. The van der Waals surface area contributed by atoms with E-state index in [0.29, 0.717) is 28.6 Å². The minimum atomic E-state index is 0.481. The molecular weight excluding hydrogens is 827 g/mol. The summed E-state index contributed by atoms with van der Waals surface area (Å²) < 4.78 is 0. The molecule has 314 valence electrons. The summed E-state index contributed by atoms with van der Waals surface area (Å²) >= 11 is 0. The first-order valence-electron chi connectivity index (χ1n) is 22.5. The molecule has 0 unspecified atom stereocenters. The third-order valence-corrected chi connectivity index (χ3v) is 13.0. The lowest BCUT2D eigenvalue weighted by Crippen LogP contribution is -2.00. The van der Waals surface area contributed by atoms with Crippen molar-refractivity contribution in [2.45, 2.75) is 0 Å². The van der Waals surface area contributed by atoms with Crippen molar-refractivity contribution in [3.8, 4) is 124 Å². The zero-order chi connectivity index (χ0) is 45.6. The fourth-order valence-electron chi connectivity index (χ4n) is 9.69. The summed E-state index contributed by atoms with van der Waals surface area (Å²) in [6, 6.07) is 81.6. The third kappa shape index (κ3) is 7.09. The highest BCUT2D eigenvalue weighted by Crippen LogP contribution is 2.49. The van der Waals surface area contributed by atoms with Gasteiger partial charge in [0.25, 0.3) is 0 Å². The van der Waals surface area contributed by atoms with E-state index in [2.05, 4.69) is 127 Å². The van der Waals surface area contributed by atoms with Crippen molar-refractivity contribution in [3.63, 3.8) is 0 Å². The summed E-state index contributed by atoms with van der Waals surface area (Å²) in [5.74, 6) is 1.55. The van der Waals surface area contributed by atoms with Crippen LogP contribution in [0, 0.1) is 22.7 Å². The standard InChI is InChI=1S/C63H37N5/c64-38-50-28-27-46(36-58(50)54-24-8-7-23-53(54)47-29-32-55-56-25-11-17-41-18-12-26-57(60(41)56)59(55)37-47)44-20-9-19-43(33-44)45-21-10-22-48(34-45)62-66-61(42-15-5-2-6-16-42)67-63(68-62)49-30-31-52(51(35-49)39-65)40-13-3-1-4-14-40/h1-37H. The largest absolute Gasteiger partial charge is 0.208 e. The summed E-state index contributed by atoms with van der Waals surface area (Å²) in [5, 5.41) is 23.3. The molecule has 0 saturated heterocycles. The van der Waals surface area contributed by atoms with Crippen molar-refractivity contribution < 1.29 is 0 Å². The normalized spacial score (nSPS) is 11.2. The van der Waals surface area contributed by atoms with E-state index >= 15 is 0 Å². The van der Waals surface area contributed by atoms with Gasteiger partial charge >= 0.3 is 0 Å². The molecule has 5 nitrogen and oxygen atoms in total. The molecule has 1 aliphatic rings. The first kappa shape index (κ1) is 40.0. The van der Waals surface area contributed by atoms with E-state index in [9.17, 15) is 10.5 Å². The van der Waals surface area contributed by atoms with Gasteiger partial charge in [0.2, 0.25) is 0 Å². The number of benzene rings is 10. The Hall–Kier alpha value is -9.55. The Morgan fingerprint density at radius 2 is 0.691 bits per heavy atom. The Bertz CT molecular complexity index is 3870. The molecule has 0 radical (unpaired) electrons. The Labute approximate surface area is 394 Å². The van der Waals surface area contributed by atoms with Crippen molar-refractivity contribution >= 4 is 10.8 Å². The van der Waals surface area contributed by atoms with Crippen LogP contribution in [0.3, 0.4) is 0 Å². The average molecular weight is 864 g/mol. The van der Waals surface area contributed by atoms with Gasteiger partial charge in [-0.25, -0.2) is 15.0 Å². The van der Waals surface area contributed by atoms with Crippen LogP contribution in [0.2, 0.25) is 0 Å². The van der Waals surface area contributed by atoms with Gasteiger partial charge in [0, 0.05) is 22.3 Å². The zero-order valence-electron chi connectivity index (χ0n) is 36.6. The summed E-state index contributed by atoms with van der Waals surface area (Å²) in [4.78, 5) is 15.0. The number of rotatable bonds is 8. The second-order valence-electron chi connectivity index (χ2n) is 17.0. The number of nitriles is 2. The Kier molecular flexibility index (Phi) is 9.87. The third-order valence-electron chi connectivity index (χ3n) is 13.0. The van der Waals surface area contributed by atoms with Gasteiger partial charge < -0.3 is 0 Å². The summed E-state index contributed by atoms with van der Waals surface area (Å²) in [5.41, 5.74) is 18.5. The highest BCUT2D eigenvalue weighted by Gasteiger charge is 2.23. The molecular formula is C63H37N5. The van der Waals surface area contributed by atoms with Crippen LogP contribution in [0.5, 0.6) is 0 Å². The molecule has 10 aromatic carbocycles. The molecule has 5 heteroatoms. The summed E-state index contributed by atoms with van der Waals surface area (Å²) in [6.07, 6.45) is 0. The van der Waals surface area contributed by atoms with Crippen LogP contribution in [0.4, 0.5) is 0 Å². The van der Waals surface area contributed by atoms with Gasteiger partial charge in [0.05, 0.1) is 23.3 Å². The van der Waals surface area contributed by atoms with Crippen molar-refractivity contribution in [2.75, 3.05) is 0 Å². The Morgan fingerprint density at radius 3 is 1.37 bits per heavy atom. The summed E-state index contributed by atoms with van der Waals surface area (Å²) in [6.45, 7) is 0. The summed E-state index contributed by atoms with van der Waals surface area (Å²) in [7, 11) is 0. The monoisotopic (exact) mass is 863 g/mol. The number of hydrogen-bond donors (Lipinski definition) is 0. The van der Waals surface area contributed by atoms with Gasteiger partial charge in [-0.2, -0.15) is 10.5 Å². The van der Waals surface area contributed by atoms with E-state index in [0.717, 1.165) is 72.3 Å². The second-order valence-corrected chi connectivity index (χ2v) is 17.0. The van der Waals surface area contributed by atoms with Gasteiger partial charge in [-0.15, -0.1) is 0 Å². The van der Waals surface area contributed by atoms with E-state index in [1.807, 2.05) is 109 Å². The van der Waals surface area contributed by atoms with E-state index in [4.69, 9.17) is 15.0 Å². The molecule has 11 aromatic rings. The lowest BCUT2D eigenvalue weighted by molar-refractivity contribution is 1.07. The van der Waals surface area contributed by atoms with Gasteiger partial charge in [-0.1, -0.05) is 188 Å². The Balaban J connectivity index is 0.903. The molecule has 0 fully saturated rings. The van der Waals surface area contributed by atoms with Crippen molar-refractivity contribution in [1.82, 2.24) is 15.0 Å². The Morgan fingerprint density at radius 1 is 0.250 bits per heavy atom. The predicted octanol–water partition coefficient (Wildman–Crippen LogP) is 15.8. The van der Waals surface area contributed by atoms with Crippen molar-refractivity contribution in [3.05, 3.63) is 236 Å². The number of aromatic nitrogens is 3. The van der Waals surface area contributed by atoms with E-state index in [1.54, 1.807) is 0 Å². The maximum Gasteiger partial charge on any atom is 0.164 e. The highest BCUT2D eigenvalue weighted by molar-refractivity contribution is 6.15. The van der Waals surface area contributed by atoms with Gasteiger partial charge in [-0.3, -0.25) is 0 Å². The fraction of sp³-hybridized carbons (Fsp3) is 0. The van der Waals surface area contributed by atoms with E-state index < -0.39 is 0 Å². The van der Waals surface area contributed by atoms with Crippen LogP contribution in [0.15, 0.2) is 224 Å². The van der Waals surface area contributed by atoms with Crippen LogP contribution in [0.25, 0.3) is 123 Å². The molecule has 1 aromatic heterocycles. The molecule has 0 saturated carbocycles. The maximum absolute atomic E-state index is 10.5. The molecule has 1 heterocycles. The minimum absolute atomic E-state index is 0.481.